The summed E-state index contributed by atoms with van der Waals surface area (Å²) >= 11 is 0. The lowest BCUT2D eigenvalue weighted by atomic mass is 10.1. The molecule has 7 nitrogen and oxygen atoms in total. The highest BCUT2D eigenvalue weighted by atomic mass is 16.1. The number of carbonyl (C=O) groups is 2. The molecule has 0 aliphatic carbocycles. The van der Waals surface area contributed by atoms with Crippen molar-refractivity contribution in [3.8, 4) is 0 Å². The molecule has 0 amide bonds. The Morgan fingerprint density at radius 3 is 1.91 bits per heavy atom. The van der Waals surface area contributed by atoms with Gasteiger partial charge in [0.15, 0.2) is 5.78 Å². The summed E-state index contributed by atoms with van der Waals surface area (Å²) in [6.07, 6.45) is 0.870. The van der Waals surface area contributed by atoms with Crippen LogP contribution in [0.3, 0.4) is 0 Å². The van der Waals surface area contributed by atoms with E-state index in [9.17, 15) is 9.59 Å². The molecule has 0 saturated heterocycles. The fraction of sp³-hybridized carbons (Fsp3) is 0.0625. The van der Waals surface area contributed by atoms with Gasteiger partial charge in [0.1, 0.15) is 0 Å². The minimum absolute atomic E-state index is 0.111. The van der Waals surface area contributed by atoms with E-state index in [1.165, 1.54) is 0 Å². The molecule has 0 heterocycles. The quantitative estimate of drug-likeness (QED) is 0.276. The highest BCUT2D eigenvalue weighted by Gasteiger charge is 2.03. The zero-order chi connectivity index (χ0) is 16.9. The number of carbonyl (C=O) groups excluding carboxylic acids is 2. The van der Waals surface area contributed by atoms with Crippen LogP contribution in [0.4, 0.5) is 0 Å². The summed E-state index contributed by atoms with van der Waals surface area (Å²) in [5, 5.41) is 3.18. The molecule has 0 N–H and O–H groups in total. The molecule has 0 saturated carbocycles. The summed E-state index contributed by atoms with van der Waals surface area (Å²) < 4.78 is 0. The molecule has 2 aromatic rings. The molecular weight excluding hydrogens is 294 g/mol. The van der Waals surface area contributed by atoms with Gasteiger partial charge in [0.25, 0.3) is 5.78 Å². The molecule has 0 fully saturated rings. The van der Waals surface area contributed by atoms with Crippen LogP contribution >= 0.6 is 0 Å². The van der Waals surface area contributed by atoms with Gasteiger partial charge < -0.3 is 5.53 Å². The molecule has 0 spiro atoms. The van der Waals surface area contributed by atoms with Gasteiger partial charge in [0, 0.05) is 16.0 Å². The molecule has 0 aliphatic rings. The Morgan fingerprint density at radius 1 is 0.913 bits per heavy atom. The van der Waals surface area contributed by atoms with Gasteiger partial charge in [-0.25, -0.2) is 0 Å². The summed E-state index contributed by atoms with van der Waals surface area (Å²) in [5.41, 5.74) is 17.1. The maximum absolute atomic E-state index is 11.1. The van der Waals surface area contributed by atoms with Gasteiger partial charge in [-0.2, -0.15) is 4.79 Å². The third-order valence-corrected chi connectivity index (χ3v) is 2.61. The second-order valence-electron chi connectivity index (χ2n) is 4.15. The van der Waals surface area contributed by atoms with Gasteiger partial charge >= 0.3 is 6.21 Å². The lowest BCUT2D eigenvalue weighted by Crippen LogP contribution is -2.01. The van der Waals surface area contributed by atoms with E-state index in [0.717, 1.165) is 6.21 Å². The Balaban J connectivity index is 0.000000231. The Morgan fingerprint density at radius 2 is 1.43 bits per heavy atom. The van der Waals surface area contributed by atoms with Crippen LogP contribution in [0.5, 0.6) is 0 Å². The SMILES string of the molecule is [N-]=[N+]=CC(=O)c1ccccc1.[N-]=[N+]=NCC(=O)c1ccccc1. The summed E-state index contributed by atoms with van der Waals surface area (Å²) in [4.78, 5) is 27.2. The van der Waals surface area contributed by atoms with Crippen LogP contribution in [0.15, 0.2) is 65.8 Å². The van der Waals surface area contributed by atoms with E-state index in [1.54, 1.807) is 48.5 Å². The first kappa shape index (κ1) is 17.5. The number of Topliss-reactive ketones (excluding diaryl/α,β-unsaturated/α-hetero) is 2. The second kappa shape index (κ2) is 10.2. The zero-order valence-electron chi connectivity index (χ0n) is 12.1. The smallest absolute Gasteiger partial charge is 0.328 e. The molecule has 0 aliphatic heterocycles. The van der Waals surface area contributed by atoms with Crippen molar-refractivity contribution in [1.82, 2.24) is 0 Å². The monoisotopic (exact) mass is 307 g/mol. The van der Waals surface area contributed by atoms with Gasteiger partial charge in [-0.3, -0.25) is 9.59 Å². The fourth-order valence-electron chi connectivity index (χ4n) is 1.54. The van der Waals surface area contributed by atoms with E-state index >= 15 is 0 Å². The van der Waals surface area contributed by atoms with E-state index in [2.05, 4.69) is 14.8 Å². The topological polar surface area (TPSA) is 119 Å². The highest BCUT2D eigenvalue weighted by Crippen LogP contribution is 1.99. The summed E-state index contributed by atoms with van der Waals surface area (Å²) in [6.45, 7) is -0.111. The first-order valence-electron chi connectivity index (χ1n) is 6.55. The number of nitrogens with zero attached hydrogens (tertiary/aromatic N) is 5. The third-order valence-electron chi connectivity index (χ3n) is 2.61. The average Bonchev–Trinajstić information content (AvgIpc) is 2.62. The lowest BCUT2D eigenvalue weighted by molar-refractivity contribution is 0.00234. The van der Waals surface area contributed by atoms with Crippen LogP contribution in [-0.2, 0) is 0 Å². The minimum Gasteiger partial charge on any atom is -0.361 e. The first-order valence-corrected chi connectivity index (χ1v) is 6.55. The molecule has 0 atom stereocenters. The lowest BCUT2D eigenvalue weighted by Gasteiger charge is -1.93. The van der Waals surface area contributed by atoms with Crippen LogP contribution < -0.4 is 0 Å². The predicted octanol–water partition coefficient (Wildman–Crippen LogP) is 3.35. The van der Waals surface area contributed by atoms with Crippen molar-refractivity contribution in [2.24, 2.45) is 5.11 Å². The van der Waals surface area contributed by atoms with E-state index in [4.69, 9.17) is 11.1 Å². The average molecular weight is 307 g/mol. The van der Waals surface area contributed by atoms with Crippen molar-refractivity contribution in [2.45, 2.75) is 0 Å². The van der Waals surface area contributed by atoms with Gasteiger partial charge in [-0.15, -0.1) is 0 Å². The number of hydrogen-bond donors (Lipinski definition) is 0. The van der Waals surface area contributed by atoms with Crippen LogP contribution in [0.25, 0.3) is 16.0 Å². The van der Waals surface area contributed by atoms with Crippen molar-refractivity contribution in [3.63, 3.8) is 0 Å². The predicted molar refractivity (Wildman–Crippen MR) is 85.2 cm³/mol. The molecule has 0 unspecified atom stereocenters. The van der Waals surface area contributed by atoms with E-state index in [0.29, 0.717) is 11.1 Å². The van der Waals surface area contributed by atoms with Gasteiger partial charge in [-0.05, 0) is 5.53 Å². The van der Waals surface area contributed by atoms with Crippen LogP contribution in [0, 0.1) is 0 Å². The Labute approximate surface area is 132 Å². The first-order chi connectivity index (χ1) is 11.2. The van der Waals surface area contributed by atoms with Crippen molar-refractivity contribution < 1.29 is 14.4 Å². The summed E-state index contributed by atoms with van der Waals surface area (Å²) in [6, 6.07) is 17.4. The van der Waals surface area contributed by atoms with Crippen molar-refractivity contribution >= 4 is 17.8 Å². The molecule has 7 heteroatoms. The van der Waals surface area contributed by atoms with Gasteiger partial charge in [0.05, 0.1) is 6.54 Å². The number of benzene rings is 2. The van der Waals surface area contributed by atoms with Crippen molar-refractivity contribution in [3.05, 3.63) is 87.8 Å². The zero-order valence-corrected chi connectivity index (χ0v) is 12.1. The fourth-order valence-corrected chi connectivity index (χ4v) is 1.54. The number of ketones is 2. The van der Waals surface area contributed by atoms with Gasteiger partial charge in [-0.1, -0.05) is 65.8 Å². The molecule has 0 bridgehead atoms. The summed E-state index contributed by atoms with van der Waals surface area (Å²) in [5.74, 6) is -0.457. The van der Waals surface area contributed by atoms with Crippen LogP contribution in [0.1, 0.15) is 20.7 Å². The number of azide groups is 1. The van der Waals surface area contributed by atoms with Crippen LogP contribution in [0.2, 0.25) is 0 Å². The normalized spacial score (nSPS) is 8.52. The molecule has 23 heavy (non-hydrogen) atoms. The maximum Gasteiger partial charge on any atom is 0.328 e. The third kappa shape index (κ3) is 6.64. The number of rotatable bonds is 5. The molecule has 0 radical (unpaired) electrons. The van der Waals surface area contributed by atoms with E-state index < -0.39 is 0 Å². The van der Waals surface area contributed by atoms with Gasteiger partial charge in [0.2, 0.25) is 0 Å². The van der Waals surface area contributed by atoms with Crippen LogP contribution in [-0.4, -0.2) is 29.1 Å². The minimum atomic E-state index is -0.298. The van der Waals surface area contributed by atoms with Crippen molar-refractivity contribution in [2.75, 3.05) is 6.54 Å². The maximum atomic E-state index is 11.1. The summed E-state index contributed by atoms with van der Waals surface area (Å²) in [7, 11) is 0. The number of hydrogen-bond acceptors (Lipinski definition) is 3. The molecular formula is C16H13N5O2. The molecule has 0 aromatic heterocycles. The molecule has 2 rings (SSSR count). The highest BCUT2D eigenvalue weighted by molar-refractivity contribution is 6.33. The standard InChI is InChI=1S/C8H7N3O.C8H6N2O/c9-11-10-6-8(12)7-4-2-1-3-5-7;9-10-6-8(11)7-4-2-1-3-5-7/h1-5H,6H2;1-6H. The Hall–Kier alpha value is -3.53. The Bertz CT molecular complexity index is 747. The second-order valence-corrected chi connectivity index (χ2v) is 4.15. The molecule has 114 valence electrons. The van der Waals surface area contributed by atoms with E-state index in [1.807, 2.05) is 12.1 Å². The largest absolute Gasteiger partial charge is 0.361 e. The van der Waals surface area contributed by atoms with E-state index in [-0.39, 0.29) is 18.1 Å². The molecule has 2 aromatic carbocycles. The van der Waals surface area contributed by atoms with Crippen molar-refractivity contribution in [1.29, 1.82) is 0 Å². The Kier molecular flexibility index (Phi) is 7.80.